The maximum Gasteiger partial charge on any atom is 0.169 e. The van der Waals surface area contributed by atoms with E-state index in [0.717, 1.165) is 34.0 Å². The fourth-order valence-corrected chi connectivity index (χ4v) is 1.97. The molecule has 3 aromatic rings. The van der Waals surface area contributed by atoms with Crippen molar-refractivity contribution in [2.75, 3.05) is 5.73 Å². The highest BCUT2D eigenvalue weighted by Crippen LogP contribution is 2.25. The first kappa shape index (κ1) is 10.7. The second-order valence-electron chi connectivity index (χ2n) is 4.30. The van der Waals surface area contributed by atoms with Gasteiger partial charge in [-0.05, 0) is 25.5 Å². The molecule has 2 aromatic heterocycles. The van der Waals surface area contributed by atoms with Gasteiger partial charge in [0, 0.05) is 23.0 Å². The smallest absolute Gasteiger partial charge is 0.169 e. The molecule has 1 aromatic carbocycles. The molecule has 0 bridgehead atoms. The molecule has 5 nitrogen and oxygen atoms in total. The minimum Gasteiger partial charge on any atom is -0.398 e. The summed E-state index contributed by atoms with van der Waals surface area (Å²) in [6.45, 7) is 3.91. The van der Waals surface area contributed by atoms with Gasteiger partial charge in [-0.25, -0.2) is 4.98 Å². The van der Waals surface area contributed by atoms with Gasteiger partial charge in [0.25, 0.3) is 0 Å². The highest BCUT2D eigenvalue weighted by Gasteiger charge is 2.11. The molecule has 0 aliphatic carbocycles. The van der Waals surface area contributed by atoms with Crippen molar-refractivity contribution < 1.29 is 0 Å². The predicted molar refractivity (Wildman–Crippen MR) is 70.1 cm³/mol. The van der Waals surface area contributed by atoms with Gasteiger partial charge in [0.2, 0.25) is 0 Å². The molecule has 0 radical (unpaired) electrons. The highest BCUT2D eigenvalue weighted by atomic mass is 15.3. The lowest BCUT2D eigenvalue weighted by atomic mass is 10.1. The van der Waals surface area contributed by atoms with E-state index in [1.807, 2.05) is 42.5 Å². The van der Waals surface area contributed by atoms with Crippen LogP contribution in [0.15, 0.2) is 30.6 Å². The molecule has 0 amide bonds. The second kappa shape index (κ2) is 3.80. The molecule has 18 heavy (non-hydrogen) atoms. The number of aromatic nitrogens is 4. The molecular weight excluding hydrogens is 226 g/mol. The van der Waals surface area contributed by atoms with Crippen molar-refractivity contribution in [3.8, 4) is 11.4 Å². The van der Waals surface area contributed by atoms with Crippen molar-refractivity contribution >= 4 is 11.3 Å². The maximum absolute atomic E-state index is 5.92. The molecule has 2 heterocycles. The molecule has 0 unspecified atom stereocenters. The Balaban J connectivity index is 2.29. The number of hydrogen-bond donors (Lipinski definition) is 1. The van der Waals surface area contributed by atoms with E-state index in [0.29, 0.717) is 0 Å². The maximum atomic E-state index is 5.92. The summed E-state index contributed by atoms with van der Waals surface area (Å²) in [5, 5.41) is 8.38. The van der Waals surface area contributed by atoms with Crippen molar-refractivity contribution in [1.82, 2.24) is 19.6 Å². The third-order valence-electron chi connectivity index (χ3n) is 3.05. The number of nitrogens with zero attached hydrogens (tertiary/aromatic N) is 4. The normalized spacial score (nSPS) is 11.0. The number of nitrogens with two attached hydrogens (primary N) is 1. The van der Waals surface area contributed by atoms with Crippen LogP contribution in [-0.2, 0) is 0 Å². The van der Waals surface area contributed by atoms with Gasteiger partial charge in [-0.3, -0.25) is 4.40 Å². The Labute approximate surface area is 104 Å². The Hall–Kier alpha value is -2.43. The van der Waals surface area contributed by atoms with Gasteiger partial charge < -0.3 is 5.73 Å². The van der Waals surface area contributed by atoms with Gasteiger partial charge >= 0.3 is 0 Å². The minimum atomic E-state index is 0.754. The zero-order valence-electron chi connectivity index (χ0n) is 10.3. The van der Waals surface area contributed by atoms with E-state index in [1.165, 1.54) is 0 Å². The monoisotopic (exact) mass is 239 g/mol. The van der Waals surface area contributed by atoms with Crippen LogP contribution < -0.4 is 5.73 Å². The lowest BCUT2D eigenvalue weighted by Crippen LogP contribution is -1.96. The zero-order chi connectivity index (χ0) is 12.7. The van der Waals surface area contributed by atoms with Gasteiger partial charge in [-0.2, -0.15) is 0 Å². The molecule has 0 atom stereocenters. The van der Waals surface area contributed by atoms with Crippen molar-refractivity contribution in [1.29, 1.82) is 0 Å². The summed E-state index contributed by atoms with van der Waals surface area (Å²) in [6, 6.07) is 7.69. The lowest BCUT2D eigenvalue weighted by Gasteiger charge is -2.06. The van der Waals surface area contributed by atoms with Crippen LogP contribution in [-0.4, -0.2) is 19.6 Å². The third kappa shape index (κ3) is 1.52. The van der Waals surface area contributed by atoms with Crippen LogP contribution in [0.2, 0.25) is 0 Å². The molecule has 0 fully saturated rings. The quantitative estimate of drug-likeness (QED) is 0.659. The first-order chi connectivity index (χ1) is 8.66. The summed E-state index contributed by atoms with van der Waals surface area (Å²) in [4.78, 5) is 4.27. The van der Waals surface area contributed by atoms with Crippen LogP contribution >= 0.6 is 0 Å². The van der Waals surface area contributed by atoms with Gasteiger partial charge in [0.15, 0.2) is 11.5 Å². The number of benzene rings is 1. The zero-order valence-corrected chi connectivity index (χ0v) is 10.3. The fourth-order valence-electron chi connectivity index (χ4n) is 1.97. The third-order valence-corrected chi connectivity index (χ3v) is 3.05. The number of anilines is 1. The Bertz CT molecular complexity index is 729. The molecule has 5 heteroatoms. The molecule has 0 spiro atoms. The second-order valence-corrected chi connectivity index (χ2v) is 4.30. The Morgan fingerprint density at radius 2 is 2.00 bits per heavy atom. The standard InChI is InChI=1S/C13H13N5/c1-8-6-12-16-17-13(18(12)7-15-8)10-4-3-5-11(14)9(10)2/h3-7H,14H2,1-2H3. The molecule has 90 valence electrons. The van der Waals surface area contributed by atoms with E-state index in [4.69, 9.17) is 5.73 Å². The molecule has 0 saturated carbocycles. The summed E-state index contributed by atoms with van der Waals surface area (Å²) < 4.78 is 1.87. The van der Waals surface area contributed by atoms with Crippen molar-refractivity contribution in [3.05, 3.63) is 41.9 Å². The largest absolute Gasteiger partial charge is 0.398 e. The summed E-state index contributed by atoms with van der Waals surface area (Å²) in [5.41, 5.74) is 10.4. The Morgan fingerprint density at radius 1 is 1.17 bits per heavy atom. The number of nitrogen functional groups attached to an aromatic ring is 1. The van der Waals surface area contributed by atoms with Crippen LogP contribution in [0.3, 0.4) is 0 Å². The van der Waals surface area contributed by atoms with Crippen molar-refractivity contribution in [3.63, 3.8) is 0 Å². The van der Waals surface area contributed by atoms with Gasteiger partial charge in [0.1, 0.15) is 6.33 Å². The summed E-state index contributed by atoms with van der Waals surface area (Å²) >= 11 is 0. The summed E-state index contributed by atoms with van der Waals surface area (Å²) in [5.74, 6) is 0.766. The summed E-state index contributed by atoms with van der Waals surface area (Å²) in [7, 11) is 0. The molecular formula is C13H13N5. The first-order valence-corrected chi connectivity index (χ1v) is 5.69. The fraction of sp³-hybridized carbons (Fsp3) is 0.154. The molecule has 0 saturated heterocycles. The van der Waals surface area contributed by atoms with Crippen molar-refractivity contribution in [2.24, 2.45) is 0 Å². The van der Waals surface area contributed by atoms with Gasteiger partial charge in [-0.1, -0.05) is 12.1 Å². The number of aryl methyl sites for hydroxylation is 1. The van der Waals surface area contributed by atoms with E-state index in [9.17, 15) is 0 Å². The van der Waals surface area contributed by atoms with E-state index >= 15 is 0 Å². The van der Waals surface area contributed by atoms with Crippen LogP contribution in [0, 0.1) is 13.8 Å². The predicted octanol–water partition coefficient (Wildman–Crippen LogP) is 1.99. The lowest BCUT2D eigenvalue weighted by molar-refractivity contribution is 1.04. The number of fused-ring (bicyclic) bond motifs is 1. The SMILES string of the molecule is Cc1cc2nnc(-c3cccc(N)c3C)n2cn1. The van der Waals surface area contributed by atoms with Crippen LogP contribution in [0.1, 0.15) is 11.3 Å². The van der Waals surface area contributed by atoms with Crippen LogP contribution in [0.25, 0.3) is 17.0 Å². The highest BCUT2D eigenvalue weighted by molar-refractivity contribution is 5.69. The first-order valence-electron chi connectivity index (χ1n) is 5.69. The topological polar surface area (TPSA) is 69.1 Å². The number of hydrogen-bond acceptors (Lipinski definition) is 4. The molecule has 0 aliphatic rings. The Kier molecular flexibility index (Phi) is 2.26. The summed E-state index contributed by atoms with van der Waals surface area (Å²) in [6.07, 6.45) is 1.74. The average Bonchev–Trinajstić information content (AvgIpc) is 2.75. The van der Waals surface area contributed by atoms with Crippen LogP contribution in [0.5, 0.6) is 0 Å². The van der Waals surface area contributed by atoms with E-state index in [1.54, 1.807) is 6.33 Å². The average molecular weight is 239 g/mol. The van der Waals surface area contributed by atoms with E-state index in [2.05, 4.69) is 15.2 Å². The molecule has 2 N–H and O–H groups in total. The van der Waals surface area contributed by atoms with Crippen LogP contribution in [0.4, 0.5) is 5.69 Å². The molecule has 3 rings (SSSR count). The van der Waals surface area contributed by atoms with Crippen molar-refractivity contribution in [2.45, 2.75) is 13.8 Å². The minimum absolute atomic E-state index is 0.754. The van der Waals surface area contributed by atoms with E-state index in [-0.39, 0.29) is 0 Å². The molecule has 0 aliphatic heterocycles. The van der Waals surface area contributed by atoms with E-state index < -0.39 is 0 Å². The van der Waals surface area contributed by atoms with Gasteiger partial charge in [-0.15, -0.1) is 10.2 Å². The number of rotatable bonds is 1. The Morgan fingerprint density at radius 3 is 2.83 bits per heavy atom. The van der Waals surface area contributed by atoms with Gasteiger partial charge in [0.05, 0.1) is 0 Å².